The summed E-state index contributed by atoms with van der Waals surface area (Å²) in [7, 11) is 0. The van der Waals surface area contributed by atoms with Gasteiger partial charge in [-0.2, -0.15) is 0 Å². The third-order valence-electron chi connectivity index (χ3n) is 4.99. The highest BCUT2D eigenvalue weighted by atomic mass is 19.1. The lowest BCUT2D eigenvalue weighted by Gasteiger charge is -2.39. The molecule has 0 radical (unpaired) electrons. The van der Waals surface area contributed by atoms with Gasteiger partial charge in [0.1, 0.15) is 11.9 Å². The number of likely N-dealkylation sites (tertiary alicyclic amines) is 1. The lowest BCUT2D eigenvalue weighted by Crippen LogP contribution is -2.49. The van der Waals surface area contributed by atoms with Crippen molar-refractivity contribution in [2.24, 2.45) is 5.92 Å². The fraction of sp³-hybridized carbons (Fsp3) is 0.611. The van der Waals surface area contributed by atoms with Gasteiger partial charge in [-0.1, -0.05) is 12.1 Å². The smallest absolute Gasteiger partial charge is 0.244 e. The highest BCUT2D eigenvalue weighted by Gasteiger charge is 2.34. The van der Waals surface area contributed by atoms with Crippen LogP contribution in [0.3, 0.4) is 0 Å². The molecule has 2 fully saturated rings. The van der Waals surface area contributed by atoms with Crippen LogP contribution in [0.4, 0.5) is 4.39 Å². The van der Waals surface area contributed by atoms with E-state index in [-0.39, 0.29) is 24.2 Å². The molecule has 1 aromatic carbocycles. The summed E-state index contributed by atoms with van der Waals surface area (Å²) in [4.78, 5) is 17.1. The average Bonchev–Trinajstić information content (AvgIpc) is 2.63. The van der Waals surface area contributed by atoms with Crippen molar-refractivity contribution in [1.82, 2.24) is 9.80 Å². The molecular formula is C18H25FN2O3. The summed E-state index contributed by atoms with van der Waals surface area (Å²) in [6.45, 7) is 4.00. The van der Waals surface area contributed by atoms with Crippen LogP contribution in [0, 0.1) is 11.7 Å². The van der Waals surface area contributed by atoms with Gasteiger partial charge in [0.2, 0.25) is 5.91 Å². The lowest BCUT2D eigenvalue weighted by atomic mass is 9.96. The molecule has 1 amide bonds. The molecule has 1 unspecified atom stereocenters. The zero-order valence-corrected chi connectivity index (χ0v) is 13.9. The monoisotopic (exact) mass is 336 g/mol. The Morgan fingerprint density at radius 3 is 2.58 bits per heavy atom. The quantitative estimate of drug-likeness (QED) is 0.904. The van der Waals surface area contributed by atoms with Crippen LogP contribution in [0.15, 0.2) is 24.3 Å². The molecule has 2 aliphatic heterocycles. The first kappa shape index (κ1) is 17.3. The number of hydrogen-bond donors (Lipinski definition) is 1. The van der Waals surface area contributed by atoms with E-state index < -0.39 is 6.04 Å². The van der Waals surface area contributed by atoms with Crippen LogP contribution < -0.4 is 0 Å². The average molecular weight is 336 g/mol. The fourth-order valence-electron chi connectivity index (χ4n) is 3.53. The molecule has 2 saturated heterocycles. The lowest BCUT2D eigenvalue weighted by molar-refractivity contribution is -0.140. The number of benzene rings is 1. The van der Waals surface area contributed by atoms with Crippen molar-refractivity contribution in [1.29, 1.82) is 0 Å². The SMILES string of the molecule is O=C(C(c1cccc(F)c1)N1CCOCC1)N1CCC(CO)CC1. The molecule has 1 aromatic rings. The number of hydrogen-bond acceptors (Lipinski definition) is 4. The first-order valence-electron chi connectivity index (χ1n) is 8.66. The molecule has 2 aliphatic rings. The minimum atomic E-state index is -0.463. The number of nitrogens with zero attached hydrogens (tertiary/aromatic N) is 2. The molecule has 1 atom stereocenters. The Kier molecular flexibility index (Phi) is 5.81. The molecule has 5 nitrogen and oxygen atoms in total. The zero-order valence-electron chi connectivity index (χ0n) is 13.9. The van der Waals surface area contributed by atoms with E-state index in [1.165, 1.54) is 12.1 Å². The molecule has 3 rings (SSSR count). The van der Waals surface area contributed by atoms with E-state index in [0.717, 1.165) is 12.8 Å². The number of piperidine rings is 1. The van der Waals surface area contributed by atoms with Gasteiger partial charge in [-0.05, 0) is 36.5 Å². The second-order valence-corrected chi connectivity index (χ2v) is 6.56. The molecule has 0 aliphatic carbocycles. The van der Waals surface area contributed by atoms with Gasteiger partial charge in [0.15, 0.2) is 0 Å². The zero-order chi connectivity index (χ0) is 16.9. The van der Waals surface area contributed by atoms with Gasteiger partial charge >= 0.3 is 0 Å². The number of ether oxygens (including phenoxy) is 1. The molecule has 6 heteroatoms. The van der Waals surface area contributed by atoms with Crippen LogP contribution >= 0.6 is 0 Å². The van der Waals surface area contributed by atoms with Crippen molar-refractivity contribution in [3.8, 4) is 0 Å². The van der Waals surface area contributed by atoms with E-state index in [0.29, 0.717) is 45.0 Å². The standard InChI is InChI=1S/C18H25FN2O3/c19-16-3-1-2-15(12-16)17(20-8-10-24-11-9-20)18(23)21-6-4-14(13-22)5-7-21/h1-3,12,14,17,22H,4-11,13H2. The van der Waals surface area contributed by atoms with Crippen LogP contribution in [-0.4, -0.2) is 66.8 Å². The number of rotatable bonds is 4. The van der Waals surface area contributed by atoms with Crippen LogP contribution in [0.5, 0.6) is 0 Å². The maximum absolute atomic E-state index is 13.7. The number of halogens is 1. The van der Waals surface area contributed by atoms with Crippen LogP contribution in [0.1, 0.15) is 24.4 Å². The second kappa shape index (κ2) is 8.05. The van der Waals surface area contributed by atoms with Gasteiger partial charge < -0.3 is 14.7 Å². The van der Waals surface area contributed by atoms with E-state index in [1.54, 1.807) is 6.07 Å². The summed E-state index contributed by atoms with van der Waals surface area (Å²) in [5, 5.41) is 9.27. The first-order valence-corrected chi connectivity index (χ1v) is 8.66. The van der Waals surface area contributed by atoms with E-state index >= 15 is 0 Å². The van der Waals surface area contributed by atoms with Gasteiger partial charge in [-0.3, -0.25) is 9.69 Å². The number of aliphatic hydroxyl groups is 1. The fourth-order valence-corrected chi connectivity index (χ4v) is 3.53. The van der Waals surface area contributed by atoms with Crippen molar-refractivity contribution >= 4 is 5.91 Å². The predicted molar refractivity (Wildman–Crippen MR) is 87.9 cm³/mol. The summed E-state index contributed by atoms with van der Waals surface area (Å²) in [5.74, 6) is -0.0125. The molecular weight excluding hydrogens is 311 g/mol. The van der Waals surface area contributed by atoms with Crippen LogP contribution in [-0.2, 0) is 9.53 Å². The van der Waals surface area contributed by atoms with E-state index in [1.807, 2.05) is 11.0 Å². The Morgan fingerprint density at radius 1 is 1.25 bits per heavy atom. The summed E-state index contributed by atoms with van der Waals surface area (Å²) in [6, 6.07) is 5.87. The van der Waals surface area contributed by atoms with Crippen molar-refractivity contribution in [3.05, 3.63) is 35.6 Å². The van der Waals surface area contributed by atoms with Gasteiger partial charge in [0.05, 0.1) is 13.2 Å². The van der Waals surface area contributed by atoms with Crippen LogP contribution in [0.2, 0.25) is 0 Å². The summed E-state index contributed by atoms with van der Waals surface area (Å²) in [6.07, 6.45) is 1.64. The van der Waals surface area contributed by atoms with Crippen molar-refractivity contribution in [3.63, 3.8) is 0 Å². The normalized spacial score (nSPS) is 21.7. The van der Waals surface area contributed by atoms with E-state index in [2.05, 4.69) is 4.90 Å². The van der Waals surface area contributed by atoms with Crippen molar-refractivity contribution in [2.45, 2.75) is 18.9 Å². The molecule has 0 bridgehead atoms. The molecule has 0 saturated carbocycles. The molecule has 1 N–H and O–H groups in total. The highest BCUT2D eigenvalue weighted by Crippen LogP contribution is 2.27. The maximum atomic E-state index is 13.7. The van der Waals surface area contributed by atoms with Gasteiger partial charge in [0.25, 0.3) is 0 Å². The Bertz CT molecular complexity index is 555. The maximum Gasteiger partial charge on any atom is 0.244 e. The third-order valence-corrected chi connectivity index (χ3v) is 4.99. The Morgan fingerprint density at radius 2 is 1.96 bits per heavy atom. The number of amides is 1. The largest absolute Gasteiger partial charge is 0.396 e. The molecule has 132 valence electrons. The third kappa shape index (κ3) is 3.94. The highest BCUT2D eigenvalue weighted by molar-refractivity contribution is 5.83. The number of carbonyl (C=O) groups is 1. The predicted octanol–water partition coefficient (Wildman–Crippen LogP) is 1.43. The van der Waals surface area contributed by atoms with E-state index in [4.69, 9.17) is 4.74 Å². The van der Waals surface area contributed by atoms with Gasteiger partial charge in [-0.25, -0.2) is 4.39 Å². The molecule has 0 spiro atoms. The minimum absolute atomic E-state index is 0.0267. The Hall–Kier alpha value is -1.50. The molecule has 0 aromatic heterocycles. The topological polar surface area (TPSA) is 53.0 Å². The van der Waals surface area contributed by atoms with Gasteiger partial charge in [-0.15, -0.1) is 0 Å². The van der Waals surface area contributed by atoms with Gasteiger partial charge in [0, 0.05) is 32.8 Å². The number of carbonyl (C=O) groups excluding carboxylic acids is 1. The number of morpholine rings is 1. The van der Waals surface area contributed by atoms with Crippen molar-refractivity contribution < 1.29 is 19.0 Å². The first-order chi connectivity index (χ1) is 11.7. The minimum Gasteiger partial charge on any atom is -0.396 e. The van der Waals surface area contributed by atoms with Crippen molar-refractivity contribution in [2.75, 3.05) is 46.0 Å². The Labute approximate surface area is 142 Å². The molecule has 2 heterocycles. The Balaban J connectivity index is 1.80. The second-order valence-electron chi connectivity index (χ2n) is 6.56. The van der Waals surface area contributed by atoms with Crippen LogP contribution in [0.25, 0.3) is 0 Å². The number of aliphatic hydroxyl groups excluding tert-OH is 1. The van der Waals surface area contributed by atoms with E-state index in [9.17, 15) is 14.3 Å². The molecule has 24 heavy (non-hydrogen) atoms. The summed E-state index contributed by atoms with van der Waals surface area (Å²) >= 11 is 0. The summed E-state index contributed by atoms with van der Waals surface area (Å²) in [5.41, 5.74) is 0.700. The summed E-state index contributed by atoms with van der Waals surface area (Å²) < 4.78 is 19.1.